The second-order valence-electron chi connectivity index (χ2n) is 3.66. The van der Waals surface area contributed by atoms with Gasteiger partial charge in [0.05, 0.1) is 11.7 Å². The van der Waals surface area contributed by atoms with Crippen molar-refractivity contribution in [2.45, 2.75) is 25.8 Å². The van der Waals surface area contributed by atoms with E-state index >= 15 is 0 Å². The number of hydrogen-bond donors (Lipinski definition) is 2. The van der Waals surface area contributed by atoms with Crippen LogP contribution >= 0.6 is 0 Å². The Hall–Kier alpha value is -1.35. The fourth-order valence-corrected chi connectivity index (χ4v) is 1.57. The largest absolute Gasteiger partial charge is 0.327 e. The van der Waals surface area contributed by atoms with E-state index < -0.39 is 0 Å². The molecule has 74 valence electrons. The molecule has 1 aromatic carbocycles. The Balaban J connectivity index is 2.25. The van der Waals surface area contributed by atoms with Gasteiger partial charge in [0.25, 0.3) is 0 Å². The summed E-state index contributed by atoms with van der Waals surface area (Å²) in [5, 5.41) is 8.08. The molecule has 0 saturated carbocycles. The molecule has 1 aromatic heterocycles. The molecule has 0 aliphatic rings. The zero-order valence-electron chi connectivity index (χ0n) is 8.33. The smallest absolute Gasteiger partial charge is 0.0650 e. The molecular weight excluding hydrogens is 174 g/mol. The Labute approximate surface area is 83.3 Å². The van der Waals surface area contributed by atoms with Crippen LogP contribution in [-0.2, 0) is 6.42 Å². The first kappa shape index (κ1) is 9.21. The molecule has 0 fully saturated rings. The van der Waals surface area contributed by atoms with E-state index in [0.29, 0.717) is 0 Å². The van der Waals surface area contributed by atoms with Crippen LogP contribution in [0.4, 0.5) is 0 Å². The maximum absolute atomic E-state index is 5.90. The molecule has 0 radical (unpaired) electrons. The third-order valence-electron chi connectivity index (χ3n) is 2.53. The van der Waals surface area contributed by atoms with Gasteiger partial charge < -0.3 is 5.73 Å². The van der Waals surface area contributed by atoms with Crippen LogP contribution in [0.2, 0.25) is 0 Å². The van der Waals surface area contributed by atoms with Gasteiger partial charge in [0, 0.05) is 11.4 Å². The summed E-state index contributed by atoms with van der Waals surface area (Å²) in [6.45, 7) is 2.11. The molecular formula is C11H15N3. The molecule has 2 rings (SSSR count). The summed E-state index contributed by atoms with van der Waals surface area (Å²) < 4.78 is 0. The lowest BCUT2D eigenvalue weighted by molar-refractivity contribution is 0.647. The van der Waals surface area contributed by atoms with Gasteiger partial charge >= 0.3 is 0 Å². The lowest BCUT2D eigenvalue weighted by atomic mass is 10.0. The van der Waals surface area contributed by atoms with Crippen molar-refractivity contribution in [3.05, 3.63) is 30.0 Å². The van der Waals surface area contributed by atoms with E-state index in [1.54, 1.807) is 0 Å². The highest BCUT2D eigenvalue weighted by Crippen LogP contribution is 2.14. The molecule has 3 heteroatoms. The monoisotopic (exact) mass is 189 g/mol. The summed E-state index contributed by atoms with van der Waals surface area (Å²) in [5.74, 6) is 0. The summed E-state index contributed by atoms with van der Waals surface area (Å²) in [5.41, 5.74) is 8.27. The van der Waals surface area contributed by atoms with E-state index in [4.69, 9.17) is 5.73 Å². The van der Waals surface area contributed by atoms with Gasteiger partial charge in [-0.25, -0.2) is 0 Å². The van der Waals surface area contributed by atoms with E-state index in [9.17, 15) is 0 Å². The highest BCUT2D eigenvalue weighted by atomic mass is 15.1. The number of aromatic nitrogens is 2. The minimum atomic E-state index is 0.263. The van der Waals surface area contributed by atoms with Gasteiger partial charge in [-0.05, 0) is 30.5 Å². The lowest BCUT2D eigenvalue weighted by Crippen LogP contribution is -2.21. The first-order valence-corrected chi connectivity index (χ1v) is 4.97. The SMILES string of the molecule is CCC(N)Cc1ccc2[nH]ncc2c1. The van der Waals surface area contributed by atoms with E-state index in [1.807, 2.05) is 6.20 Å². The molecule has 3 N–H and O–H groups in total. The van der Waals surface area contributed by atoms with Crippen LogP contribution in [-0.4, -0.2) is 16.2 Å². The number of nitrogens with zero attached hydrogens (tertiary/aromatic N) is 1. The van der Waals surface area contributed by atoms with Gasteiger partial charge in [0.15, 0.2) is 0 Å². The van der Waals surface area contributed by atoms with Gasteiger partial charge in [0.2, 0.25) is 0 Å². The van der Waals surface area contributed by atoms with Crippen molar-refractivity contribution in [1.29, 1.82) is 0 Å². The normalized spacial score (nSPS) is 13.3. The van der Waals surface area contributed by atoms with E-state index in [1.165, 1.54) is 5.56 Å². The number of H-pyrrole nitrogens is 1. The molecule has 2 aromatic rings. The van der Waals surface area contributed by atoms with Crippen molar-refractivity contribution in [1.82, 2.24) is 10.2 Å². The minimum absolute atomic E-state index is 0.263. The van der Waals surface area contributed by atoms with Crippen molar-refractivity contribution in [3.63, 3.8) is 0 Å². The van der Waals surface area contributed by atoms with Crippen LogP contribution < -0.4 is 5.73 Å². The predicted molar refractivity (Wildman–Crippen MR) is 58.1 cm³/mol. The zero-order chi connectivity index (χ0) is 9.97. The lowest BCUT2D eigenvalue weighted by Gasteiger charge is -2.07. The minimum Gasteiger partial charge on any atom is -0.327 e. The second kappa shape index (κ2) is 3.80. The molecule has 1 unspecified atom stereocenters. The number of benzene rings is 1. The first-order chi connectivity index (χ1) is 6.79. The van der Waals surface area contributed by atoms with Crippen molar-refractivity contribution < 1.29 is 0 Å². The first-order valence-electron chi connectivity index (χ1n) is 4.97. The fraction of sp³-hybridized carbons (Fsp3) is 0.364. The molecule has 1 atom stereocenters. The number of aromatic amines is 1. The average molecular weight is 189 g/mol. The van der Waals surface area contributed by atoms with Crippen LogP contribution in [0.15, 0.2) is 24.4 Å². The van der Waals surface area contributed by atoms with E-state index in [0.717, 1.165) is 23.7 Å². The standard InChI is InChI=1S/C11H15N3/c1-2-10(12)6-8-3-4-11-9(5-8)7-13-14-11/h3-5,7,10H,2,6,12H2,1H3,(H,13,14). The number of nitrogens with two attached hydrogens (primary N) is 1. The summed E-state index contributed by atoms with van der Waals surface area (Å²) in [6.07, 6.45) is 3.80. The van der Waals surface area contributed by atoms with Gasteiger partial charge in [-0.3, -0.25) is 5.10 Å². The molecule has 0 aliphatic carbocycles. The van der Waals surface area contributed by atoms with Crippen LogP contribution in [0.5, 0.6) is 0 Å². The molecule has 0 spiro atoms. The Morgan fingerprint density at radius 1 is 1.50 bits per heavy atom. The Kier molecular flexibility index (Phi) is 2.50. The molecule has 0 bridgehead atoms. The number of hydrogen-bond acceptors (Lipinski definition) is 2. The van der Waals surface area contributed by atoms with Crippen LogP contribution in [0.25, 0.3) is 10.9 Å². The van der Waals surface area contributed by atoms with Crippen molar-refractivity contribution >= 4 is 10.9 Å². The van der Waals surface area contributed by atoms with Gasteiger partial charge in [-0.2, -0.15) is 5.10 Å². The maximum Gasteiger partial charge on any atom is 0.0650 e. The fourth-order valence-electron chi connectivity index (χ4n) is 1.57. The third-order valence-corrected chi connectivity index (χ3v) is 2.53. The van der Waals surface area contributed by atoms with Crippen molar-refractivity contribution in [2.24, 2.45) is 5.73 Å². The maximum atomic E-state index is 5.90. The number of rotatable bonds is 3. The quantitative estimate of drug-likeness (QED) is 0.774. The van der Waals surface area contributed by atoms with Gasteiger partial charge in [-0.1, -0.05) is 13.0 Å². The number of fused-ring (bicyclic) bond motifs is 1. The summed E-state index contributed by atoms with van der Waals surface area (Å²) in [7, 11) is 0. The van der Waals surface area contributed by atoms with Gasteiger partial charge in [0.1, 0.15) is 0 Å². The average Bonchev–Trinajstić information content (AvgIpc) is 2.64. The van der Waals surface area contributed by atoms with Crippen LogP contribution in [0.3, 0.4) is 0 Å². The molecule has 14 heavy (non-hydrogen) atoms. The Morgan fingerprint density at radius 3 is 3.14 bits per heavy atom. The van der Waals surface area contributed by atoms with Crippen LogP contribution in [0, 0.1) is 0 Å². The topological polar surface area (TPSA) is 54.7 Å². The van der Waals surface area contributed by atoms with E-state index in [2.05, 4.69) is 35.3 Å². The molecule has 3 nitrogen and oxygen atoms in total. The molecule has 1 heterocycles. The predicted octanol–water partition coefficient (Wildman–Crippen LogP) is 1.84. The van der Waals surface area contributed by atoms with Crippen molar-refractivity contribution in [2.75, 3.05) is 0 Å². The van der Waals surface area contributed by atoms with Crippen LogP contribution in [0.1, 0.15) is 18.9 Å². The molecule has 0 saturated heterocycles. The Morgan fingerprint density at radius 2 is 2.36 bits per heavy atom. The summed E-state index contributed by atoms with van der Waals surface area (Å²) in [4.78, 5) is 0. The second-order valence-corrected chi connectivity index (χ2v) is 3.66. The van der Waals surface area contributed by atoms with Gasteiger partial charge in [-0.15, -0.1) is 0 Å². The highest BCUT2D eigenvalue weighted by molar-refractivity contribution is 5.78. The zero-order valence-corrected chi connectivity index (χ0v) is 8.33. The Bertz CT molecular complexity index is 419. The third kappa shape index (κ3) is 1.77. The summed E-state index contributed by atoms with van der Waals surface area (Å²) >= 11 is 0. The van der Waals surface area contributed by atoms with Crippen molar-refractivity contribution in [3.8, 4) is 0 Å². The highest BCUT2D eigenvalue weighted by Gasteiger charge is 2.02. The number of nitrogens with one attached hydrogen (secondary N) is 1. The molecule has 0 amide bonds. The van der Waals surface area contributed by atoms with E-state index in [-0.39, 0.29) is 6.04 Å². The summed E-state index contributed by atoms with van der Waals surface area (Å²) in [6, 6.07) is 6.57. The molecule has 0 aliphatic heterocycles.